The summed E-state index contributed by atoms with van der Waals surface area (Å²) in [6, 6.07) is 19.5. The summed E-state index contributed by atoms with van der Waals surface area (Å²) in [6.45, 7) is 2.33. The molecule has 5 rings (SSSR count). The van der Waals surface area contributed by atoms with Crippen molar-refractivity contribution in [3.05, 3.63) is 94.8 Å². The third-order valence-electron chi connectivity index (χ3n) is 6.69. The first kappa shape index (κ1) is 22.1. The predicted molar refractivity (Wildman–Crippen MR) is 128 cm³/mol. The summed E-state index contributed by atoms with van der Waals surface area (Å²) in [5, 5.41) is 2.78. The van der Waals surface area contributed by atoms with E-state index in [1.807, 2.05) is 30.0 Å². The number of rotatable bonds is 4. The Labute approximate surface area is 198 Å². The van der Waals surface area contributed by atoms with Gasteiger partial charge >= 0.3 is 0 Å². The van der Waals surface area contributed by atoms with E-state index in [1.165, 1.54) is 23.3 Å². The molecule has 3 aromatic carbocycles. The molecule has 0 saturated heterocycles. The van der Waals surface area contributed by atoms with Crippen molar-refractivity contribution in [3.63, 3.8) is 0 Å². The monoisotopic (exact) mass is 458 g/mol. The Morgan fingerprint density at radius 1 is 1.09 bits per heavy atom. The second-order valence-electron chi connectivity index (χ2n) is 8.84. The summed E-state index contributed by atoms with van der Waals surface area (Å²) in [7, 11) is 0. The third kappa shape index (κ3) is 4.16. The van der Waals surface area contributed by atoms with Crippen LogP contribution in [0.1, 0.15) is 59.3 Å². The molecule has 0 unspecified atom stereocenters. The van der Waals surface area contributed by atoms with Gasteiger partial charge in [-0.1, -0.05) is 43.3 Å². The van der Waals surface area contributed by atoms with Gasteiger partial charge in [-0.2, -0.15) is 0 Å². The van der Waals surface area contributed by atoms with Crippen LogP contribution in [0.25, 0.3) is 0 Å². The summed E-state index contributed by atoms with van der Waals surface area (Å²) in [5.74, 6) is -0.474. The topological polar surface area (TPSA) is 58.6 Å². The number of anilines is 1. The molecule has 0 spiro atoms. The van der Waals surface area contributed by atoms with Crippen LogP contribution in [0.2, 0.25) is 0 Å². The first-order valence-electron chi connectivity index (χ1n) is 11.8. The van der Waals surface area contributed by atoms with Crippen LogP contribution in [-0.2, 0) is 17.8 Å². The Morgan fingerprint density at radius 3 is 2.71 bits per heavy atom. The fraction of sp³-hybridized carbons (Fsp3) is 0.286. The Morgan fingerprint density at radius 2 is 1.88 bits per heavy atom. The van der Waals surface area contributed by atoms with E-state index in [9.17, 15) is 14.0 Å². The fourth-order valence-corrected chi connectivity index (χ4v) is 4.96. The Hall–Kier alpha value is -3.67. The minimum atomic E-state index is -0.573. The number of halogens is 1. The van der Waals surface area contributed by atoms with Gasteiger partial charge in [-0.3, -0.25) is 9.59 Å². The molecule has 174 valence electrons. The van der Waals surface area contributed by atoms with Gasteiger partial charge in [-0.15, -0.1) is 0 Å². The van der Waals surface area contributed by atoms with E-state index in [0.29, 0.717) is 24.4 Å². The average molecular weight is 459 g/mol. The van der Waals surface area contributed by atoms with Gasteiger partial charge in [0.15, 0.2) is 6.10 Å². The van der Waals surface area contributed by atoms with Gasteiger partial charge in [0.2, 0.25) is 0 Å². The van der Waals surface area contributed by atoms with Crippen molar-refractivity contribution in [2.75, 3.05) is 5.32 Å². The number of amides is 2. The second-order valence-corrected chi connectivity index (χ2v) is 8.84. The van der Waals surface area contributed by atoms with Crippen LogP contribution in [0.5, 0.6) is 5.75 Å². The smallest absolute Gasteiger partial charge is 0.264 e. The van der Waals surface area contributed by atoms with Crippen molar-refractivity contribution in [1.29, 1.82) is 0 Å². The molecule has 34 heavy (non-hydrogen) atoms. The van der Waals surface area contributed by atoms with Crippen molar-refractivity contribution < 1.29 is 18.7 Å². The van der Waals surface area contributed by atoms with Gasteiger partial charge in [0, 0.05) is 11.3 Å². The molecular weight excluding hydrogens is 431 g/mol. The van der Waals surface area contributed by atoms with E-state index in [2.05, 4.69) is 17.4 Å². The standard InChI is InChI=1S/C28H27FN2O3/c1-2-25-28(33)31(24-13-7-9-18-8-3-4-10-21(18)24)17-19-16-20(14-15-26(19)34-25)30-27(32)22-11-5-6-12-23(22)29/h3-6,8,10-12,14-16,24-25H,2,7,9,13,17H2,1H3,(H,30,32)/t24-,25+/m0/s1. The van der Waals surface area contributed by atoms with E-state index >= 15 is 0 Å². The van der Waals surface area contributed by atoms with E-state index < -0.39 is 17.8 Å². The molecule has 0 aromatic heterocycles. The molecule has 0 fully saturated rings. The zero-order valence-electron chi connectivity index (χ0n) is 19.1. The number of ether oxygens (including phenoxy) is 1. The molecule has 6 heteroatoms. The molecule has 0 saturated carbocycles. The molecule has 3 aromatic rings. The van der Waals surface area contributed by atoms with Crippen molar-refractivity contribution in [3.8, 4) is 5.75 Å². The summed E-state index contributed by atoms with van der Waals surface area (Å²) >= 11 is 0. The highest BCUT2D eigenvalue weighted by atomic mass is 19.1. The van der Waals surface area contributed by atoms with Crippen LogP contribution in [0.15, 0.2) is 66.7 Å². The molecule has 1 aliphatic carbocycles. The van der Waals surface area contributed by atoms with Crippen molar-refractivity contribution in [2.45, 2.75) is 51.3 Å². The SMILES string of the molecule is CC[C@H]1Oc2ccc(NC(=O)c3ccccc3F)cc2CN([C@H]2CCCc3ccccc32)C1=O. The van der Waals surface area contributed by atoms with Gasteiger partial charge < -0.3 is 15.0 Å². The first-order chi connectivity index (χ1) is 16.5. The van der Waals surface area contributed by atoms with Crippen molar-refractivity contribution in [1.82, 2.24) is 4.90 Å². The van der Waals surface area contributed by atoms with Gasteiger partial charge in [0.25, 0.3) is 11.8 Å². The number of nitrogens with one attached hydrogen (secondary N) is 1. The Balaban J connectivity index is 1.47. The van der Waals surface area contributed by atoms with Crippen molar-refractivity contribution >= 4 is 17.5 Å². The van der Waals surface area contributed by atoms with Gasteiger partial charge in [-0.05, 0) is 67.1 Å². The molecule has 1 N–H and O–H groups in total. The van der Waals surface area contributed by atoms with E-state index in [4.69, 9.17) is 4.74 Å². The molecule has 2 amide bonds. The molecule has 2 atom stereocenters. The molecule has 5 nitrogen and oxygen atoms in total. The van der Waals surface area contributed by atoms with Crippen LogP contribution in [-0.4, -0.2) is 22.8 Å². The first-order valence-corrected chi connectivity index (χ1v) is 11.8. The quantitative estimate of drug-likeness (QED) is 0.549. The summed E-state index contributed by atoms with van der Waals surface area (Å²) in [4.78, 5) is 28.1. The normalized spacial score (nSPS) is 19.5. The number of carbonyl (C=O) groups is 2. The number of nitrogens with zero attached hydrogens (tertiary/aromatic N) is 1. The number of benzene rings is 3. The lowest BCUT2D eigenvalue weighted by molar-refractivity contribution is -0.141. The van der Waals surface area contributed by atoms with Gasteiger partial charge in [-0.25, -0.2) is 4.39 Å². The number of hydrogen-bond donors (Lipinski definition) is 1. The highest BCUT2D eigenvalue weighted by molar-refractivity contribution is 6.04. The molecule has 1 heterocycles. The lowest BCUT2D eigenvalue weighted by Crippen LogP contribution is -2.42. The summed E-state index contributed by atoms with van der Waals surface area (Å²) in [5.41, 5.74) is 3.82. The summed E-state index contributed by atoms with van der Waals surface area (Å²) < 4.78 is 20.2. The molecule has 1 aliphatic heterocycles. The fourth-order valence-electron chi connectivity index (χ4n) is 4.96. The van der Waals surface area contributed by atoms with Crippen LogP contribution < -0.4 is 10.1 Å². The maximum absolute atomic E-state index is 14.0. The Bertz CT molecular complexity index is 1240. The number of hydrogen-bond acceptors (Lipinski definition) is 3. The highest BCUT2D eigenvalue weighted by Gasteiger charge is 2.36. The molecular formula is C28H27FN2O3. The van der Waals surface area contributed by atoms with Crippen LogP contribution in [0, 0.1) is 5.82 Å². The minimum absolute atomic E-state index is 0.0160. The lowest BCUT2D eigenvalue weighted by atomic mass is 9.86. The Kier molecular flexibility index (Phi) is 6.05. The number of fused-ring (bicyclic) bond motifs is 2. The second kappa shape index (κ2) is 9.29. The van der Waals surface area contributed by atoms with E-state index in [1.54, 1.807) is 24.3 Å². The third-order valence-corrected chi connectivity index (χ3v) is 6.69. The minimum Gasteiger partial charge on any atom is -0.480 e. The highest BCUT2D eigenvalue weighted by Crippen LogP contribution is 2.39. The van der Waals surface area contributed by atoms with Crippen LogP contribution in [0.3, 0.4) is 0 Å². The molecule has 2 aliphatic rings. The van der Waals surface area contributed by atoms with Crippen LogP contribution >= 0.6 is 0 Å². The number of aryl methyl sites for hydroxylation is 1. The van der Waals surface area contributed by atoms with E-state index in [-0.39, 0.29) is 17.5 Å². The van der Waals surface area contributed by atoms with Gasteiger partial charge in [0.05, 0.1) is 18.2 Å². The average Bonchev–Trinajstić information content (AvgIpc) is 2.99. The van der Waals surface area contributed by atoms with Crippen molar-refractivity contribution in [2.24, 2.45) is 0 Å². The zero-order valence-corrected chi connectivity index (χ0v) is 19.1. The van der Waals surface area contributed by atoms with Crippen LogP contribution in [0.4, 0.5) is 10.1 Å². The number of carbonyl (C=O) groups excluding carboxylic acids is 2. The van der Waals surface area contributed by atoms with Gasteiger partial charge in [0.1, 0.15) is 11.6 Å². The zero-order chi connectivity index (χ0) is 23.7. The maximum atomic E-state index is 14.0. The molecule has 0 radical (unpaired) electrons. The molecule has 0 bridgehead atoms. The lowest BCUT2D eigenvalue weighted by Gasteiger charge is -2.36. The maximum Gasteiger partial charge on any atom is 0.264 e. The summed E-state index contributed by atoms with van der Waals surface area (Å²) in [6.07, 6.45) is 2.95. The largest absolute Gasteiger partial charge is 0.480 e. The predicted octanol–water partition coefficient (Wildman–Crippen LogP) is 5.66. The van der Waals surface area contributed by atoms with E-state index in [0.717, 1.165) is 24.8 Å².